The molecule has 58 valence electrons. The van der Waals surface area contributed by atoms with Crippen LogP contribution in [-0.2, 0) is 4.84 Å². The molecule has 0 aromatic heterocycles. The van der Waals surface area contributed by atoms with E-state index in [9.17, 15) is 0 Å². The summed E-state index contributed by atoms with van der Waals surface area (Å²) in [6.45, 7) is 0. The molecule has 1 aliphatic heterocycles. The average molecular weight is 189 g/mol. The smallest absolute Gasteiger partial charge is 0.315 e. The third kappa shape index (κ3) is 1.47. The molecular formula is C4H3N3O2S2. The van der Waals surface area contributed by atoms with Crippen LogP contribution < -0.4 is 4.72 Å². The zero-order valence-electron chi connectivity index (χ0n) is 5.14. The van der Waals surface area contributed by atoms with Crippen molar-refractivity contribution in [3.8, 4) is 6.26 Å². The van der Waals surface area contributed by atoms with Crippen LogP contribution in [0.25, 0.3) is 0 Å². The molecule has 1 aliphatic rings. The highest BCUT2D eigenvalue weighted by molar-refractivity contribution is 7.95. The first-order chi connectivity index (χ1) is 5.29. The van der Waals surface area contributed by atoms with E-state index in [-0.39, 0.29) is 11.6 Å². The lowest BCUT2D eigenvalue weighted by molar-refractivity contribution is 0.0540. The van der Waals surface area contributed by atoms with Gasteiger partial charge in [-0.1, -0.05) is 12.2 Å². The van der Waals surface area contributed by atoms with Crippen LogP contribution in [0.1, 0.15) is 0 Å². The van der Waals surface area contributed by atoms with Crippen LogP contribution in [0.3, 0.4) is 0 Å². The van der Waals surface area contributed by atoms with Crippen LogP contribution in [0.4, 0.5) is 0 Å². The second-order valence-electron chi connectivity index (χ2n) is 1.48. The van der Waals surface area contributed by atoms with Crippen LogP contribution in [0.2, 0.25) is 0 Å². The Bertz CT molecular complexity index is 246. The summed E-state index contributed by atoms with van der Waals surface area (Å²) in [4.78, 5) is 4.40. The minimum absolute atomic E-state index is 0.111. The van der Waals surface area contributed by atoms with Gasteiger partial charge in [-0.2, -0.15) is 0 Å². The van der Waals surface area contributed by atoms with Crippen molar-refractivity contribution in [3.63, 3.8) is 0 Å². The van der Waals surface area contributed by atoms with Gasteiger partial charge in [0.1, 0.15) is 12.1 Å². The van der Waals surface area contributed by atoms with Gasteiger partial charge in [-0.05, 0) is 0 Å². The number of rotatable bonds is 2. The summed E-state index contributed by atoms with van der Waals surface area (Å²) >= 11 is 5.48. The van der Waals surface area contributed by atoms with E-state index in [1.165, 1.54) is 11.6 Å². The fraction of sp³-hybridized carbons (Fsp3) is 0. The lowest BCUT2D eigenvalue weighted by Gasteiger charge is -2.07. The largest absolute Gasteiger partial charge is 0.493 e. The molecule has 7 heteroatoms. The second-order valence-corrected chi connectivity index (χ2v) is 2.44. The van der Waals surface area contributed by atoms with Crippen LogP contribution in [-0.4, -0.2) is 14.9 Å². The van der Waals surface area contributed by atoms with Gasteiger partial charge >= 0.3 is 6.26 Å². The molecule has 0 aliphatic carbocycles. The first kappa shape index (κ1) is 7.97. The molecule has 1 rings (SSSR count). The quantitative estimate of drug-likeness (QED) is 0.374. The molecule has 0 fully saturated rings. The predicted molar refractivity (Wildman–Crippen MR) is 42.6 cm³/mol. The van der Waals surface area contributed by atoms with Gasteiger partial charge in [0, 0.05) is 5.37 Å². The Balaban J connectivity index is 2.73. The number of hydroxylamine groups is 1. The van der Waals surface area contributed by atoms with Crippen molar-refractivity contribution >= 4 is 29.7 Å². The fourth-order valence-electron chi connectivity index (χ4n) is 0.476. The molecule has 0 radical (unpaired) electrons. The Morgan fingerprint density at radius 1 is 1.91 bits per heavy atom. The van der Waals surface area contributed by atoms with Crippen LogP contribution in [0.5, 0.6) is 0 Å². The van der Waals surface area contributed by atoms with Gasteiger partial charge in [0.05, 0.1) is 0 Å². The lowest BCUT2D eigenvalue weighted by Crippen LogP contribution is -2.10. The van der Waals surface area contributed by atoms with Crippen molar-refractivity contribution < 1.29 is 9.94 Å². The molecule has 2 N–H and O–H groups in total. The van der Waals surface area contributed by atoms with E-state index in [0.29, 0.717) is 0 Å². The number of nitrogens with zero attached hydrogens (tertiary/aromatic N) is 2. The van der Waals surface area contributed by atoms with E-state index in [1.807, 2.05) is 0 Å². The zero-order chi connectivity index (χ0) is 8.27. The van der Waals surface area contributed by atoms with Gasteiger partial charge in [0.2, 0.25) is 5.88 Å². The number of thiocarbonyl (C=S) groups is 1. The number of aliphatic hydroxyl groups is 1. The van der Waals surface area contributed by atoms with Gasteiger partial charge in [-0.3, -0.25) is 9.56 Å². The number of nitriles is 1. The first-order valence-corrected chi connectivity index (χ1v) is 3.71. The number of nitrogens with one attached hydrogen (secondary N) is 1. The van der Waals surface area contributed by atoms with E-state index < -0.39 is 0 Å². The lowest BCUT2D eigenvalue weighted by atomic mass is 10.5. The zero-order valence-corrected chi connectivity index (χ0v) is 6.78. The molecule has 0 spiro atoms. The first-order valence-electron chi connectivity index (χ1n) is 2.47. The molecule has 0 amide bonds. The highest BCUT2D eigenvalue weighted by atomic mass is 32.2. The minimum Gasteiger partial charge on any atom is -0.493 e. The summed E-state index contributed by atoms with van der Waals surface area (Å²) in [5.74, 6) is -0.111. The molecule has 1 heterocycles. The number of hydrogen-bond acceptors (Lipinski definition) is 7. The molecule has 5 nitrogen and oxygen atoms in total. The summed E-state index contributed by atoms with van der Waals surface area (Å²) in [6.07, 6.45) is 1.45. The van der Waals surface area contributed by atoms with Crippen LogP contribution in [0.15, 0.2) is 11.6 Å². The third-order valence-corrected chi connectivity index (χ3v) is 1.84. The topological polar surface area (TPSA) is 68.5 Å². The highest BCUT2D eigenvalue weighted by Crippen LogP contribution is 2.23. The highest BCUT2D eigenvalue weighted by Gasteiger charge is 2.23. The number of allylic oxidation sites excluding steroid dienone is 1. The Labute approximate surface area is 72.5 Å². The number of aliphatic hydroxyl groups excluding tert-OH is 1. The fourth-order valence-corrected chi connectivity index (χ4v) is 1.33. The maximum atomic E-state index is 9.00. The molecule has 0 saturated carbocycles. The second kappa shape index (κ2) is 3.32. The van der Waals surface area contributed by atoms with E-state index in [2.05, 4.69) is 21.8 Å². The molecule has 11 heavy (non-hydrogen) atoms. The Morgan fingerprint density at radius 3 is 3.18 bits per heavy atom. The van der Waals surface area contributed by atoms with Gasteiger partial charge in [-0.25, -0.2) is 0 Å². The monoisotopic (exact) mass is 189 g/mol. The molecule has 0 aromatic carbocycles. The van der Waals surface area contributed by atoms with Crippen molar-refractivity contribution in [3.05, 3.63) is 11.6 Å². The van der Waals surface area contributed by atoms with Gasteiger partial charge in [-0.15, -0.1) is 9.73 Å². The van der Waals surface area contributed by atoms with Crippen molar-refractivity contribution in [2.45, 2.75) is 0 Å². The van der Waals surface area contributed by atoms with Crippen molar-refractivity contribution in [2.75, 3.05) is 0 Å². The molecular weight excluding hydrogens is 186 g/mol. The average Bonchev–Trinajstić information content (AvgIpc) is 2.33. The van der Waals surface area contributed by atoms with Crippen molar-refractivity contribution in [1.82, 2.24) is 9.19 Å². The molecule has 0 bridgehead atoms. The van der Waals surface area contributed by atoms with Crippen LogP contribution in [0, 0.1) is 11.5 Å². The number of hydrogen-bond donors (Lipinski definition) is 2. The maximum Gasteiger partial charge on any atom is 0.315 e. The standard InChI is InChI=1S/C4H3N3O2S2/c5-2-9-7-3(1-10)4(8)6-11-7/h1,6,8H. The summed E-state index contributed by atoms with van der Waals surface area (Å²) in [5.41, 5.74) is 0.256. The summed E-state index contributed by atoms with van der Waals surface area (Å²) in [5, 5.41) is 18.3. The van der Waals surface area contributed by atoms with Crippen molar-refractivity contribution in [2.24, 2.45) is 0 Å². The molecule has 0 unspecified atom stereocenters. The van der Waals surface area contributed by atoms with Gasteiger partial charge < -0.3 is 5.11 Å². The predicted octanol–water partition coefficient (Wildman–Crippen LogP) is 0.594. The third-order valence-electron chi connectivity index (χ3n) is 0.900. The SMILES string of the molecule is N#CON1SNC(O)=C1C=S. The van der Waals surface area contributed by atoms with Gasteiger partial charge in [0.15, 0.2) is 5.70 Å². The summed E-state index contributed by atoms with van der Waals surface area (Å²) in [6, 6.07) is 0. The van der Waals surface area contributed by atoms with Gasteiger partial charge in [0.25, 0.3) is 0 Å². The Morgan fingerprint density at radius 2 is 2.64 bits per heavy atom. The Hall–Kier alpha value is -1.13. The van der Waals surface area contributed by atoms with Crippen molar-refractivity contribution in [1.29, 1.82) is 5.26 Å². The van der Waals surface area contributed by atoms with Crippen LogP contribution >= 0.6 is 24.4 Å². The minimum atomic E-state index is -0.111. The van der Waals surface area contributed by atoms with E-state index in [4.69, 9.17) is 10.4 Å². The molecule has 0 saturated heterocycles. The summed E-state index contributed by atoms with van der Waals surface area (Å²) < 4.78 is 3.53. The van der Waals surface area contributed by atoms with E-state index in [0.717, 1.165) is 16.6 Å². The molecule has 0 aromatic rings. The maximum absolute atomic E-state index is 9.00. The Kier molecular flexibility index (Phi) is 2.40. The van der Waals surface area contributed by atoms with E-state index >= 15 is 0 Å². The summed E-state index contributed by atoms with van der Waals surface area (Å²) in [7, 11) is 0. The normalized spacial score (nSPS) is 15.7. The van der Waals surface area contributed by atoms with E-state index in [1.54, 1.807) is 0 Å². The molecule has 0 atom stereocenters.